The largest absolute Gasteiger partial charge is 0.360 e. The van der Waals surface area contributed by atoms with E-state index in [1.54, 1.807) is 30.5 Å². The number of benzene rings is 2. The summed E-state index contributed by atoms with van der Waals surface area (Å²) in [6.07, 6.45) is 1.69. The van der Waals surface area contributed by atoms with Gasteiger partial charge in [0.2, 0.25) is 0 Å². The number of rotatable bonds is 2. The second kappa shape index (κ2) is 4.95. The zero-order chi connectivity index (χ0) is 14.1. The molecule has 0 aliphatic rings. The lowest BCUT2D eigenvalue weighted by Crippen LogP contribution is -1.99. The number of carbonyl (C=O) groups excluding carboxylic acids is 1. The van der Waals surface area contributed by atoms with Gasteiger partial charge < -0.3 is 4.98 Å². The SMILES string of the molecule is N#Cc1ccc2[nH]cc(C(=O)c3ccc(Br)cc3)c2c1. The second-order valence-electron chi connectivity index (χ2n) is 4.41. The molecular formula is C16H9BrN2O. The predicted molar refractivity (Wildman–Crippen MR) is 80.6 cm³/mol. The summed E-state index contributed by atoms with van der Waals surface area (Å²) in [5, 5.41) is 9.74. The Labute approximate surface area is 124 Å². The van der Waals surface area contributed by atoms with Gasteiger partial charge in [0.05, 0.1) is 11.6 Å². The first-order valence-electron chi connectivity index (χ1n) is 6.00. The average molecular weight is 325 g/mol. The lowest BCUT2D eigenvalue weighted by Gasteiger charge is -2.00. The highest BCUT2D eigenvalue weighted by atomic mass is 79.9. The standard InChI is InChI=1S/C16H9BrN2O/c17-12-4-2-11(3-5-12)16(20)14-9-19-15-6-1-10(8-18)7-13(14)15/h1-7,9,19H. The van der Waals surface area contributed by atoms with Crippen molar-refractivity contribution in [2.24, 2.45) is 0 Å². The highest BCUT2D eigenvalue weighted by Crippen LogP contribution is 2.23. The molecule has 0 aliphatic carbocycles. The smallest absolute Gasteiger partial charge is 0.195 e. The van der Waals surface area contributed by atoms with Gasteiger partial charge in [-0.25, -0.2) is 0 Å². The molecule has 0 unspecified atom stereocenters. The molecule has 0 spiro atoms. The van der Waals surface area contributed by atoms with Crippen molar-refractivity contribution in [3.05, 3.63) is 69.8 Å². The summed E-state index contributed by atoms with van der Waals surface area (Å²) in [6, 6.07) is 14.6. The van der Waals surface area contributed by atoms with Crippen molar-refractivity contribution in [1.82, 2.24) is 4.98 Å². The van der Waals surface area contributed by atoms with Crippen molar-refractivity contribution < 1.29 is 4.79 Å². The van der Waals surface area contributed by atoms with Crippen molar-refractivity contribution in [3.8, 4) is 6.07 Å². The van der Waals surface area contributed by atoms with Crippen LogP contribution >= 0.6 is 15.9 Å². The van der Waals surface area contributed by atoms with Crippen LogP contribution in [-0.4, -0.2) is 10.8 Å². The van der Waals surface area contributed by atoms with Gasteiger partial charge in [0.25, 0.3) is 0 Å². The van der Waals surface area contributed by atoms with Crippen LogP contribution in [0.2, 0.25) is 0 Å². The number of aromatic amines is 1. The number of ketones is 1. The third-order valence-corrected chi connectivity index (χ3v) is 3.69. The molecule has 2 aromatic carbocycles. The molecule has 0 amide bonds. The van der Waals surface area contributed by atoms with Crippen LogP contribution in [0, 0.1) is 11.3 Å². The van der Waals surface area contributed by atoms with E-state index >= 15 is 0 Å². The Morgan fingerprint density at radius 3 is 2.60 bits per heavy atom. The molecule has 0 atom stereocenters. The zero-order valence-corrected chi connectivity index (χ0v) is 11.9. The lowest BCUT2D eigenvalue weighted by molar-refractivity contribution is 0.104. The number of nitrogens with zero attached hydrogens (tertiary/aromatic N) is 1. The monoisotopic (exact) mass is 324 g/mol. The first-order valence-corrected chi connectivity index (χ1v) is 6.80. The minimum absolute atomic E-state index is 0.0566. The van der Waals surface area contributed by atoms with Crippen molar-refractivity contribution in [2.75, 3.05) is 0 Å². The highest BCUT2D eigenvalue weighted by Gasteiger charge is 2.14. The molecule has 3 rings (SSSR count). The summed E-state index contributed by atoms with van der Waals surface area (Å²) < 4.78 is 0.930. The highest BCUT2D eigenvalue weighted by molar-refractivity contribution is 9.10. The third kappa shape index (κ3) is 2.13. The lowest BCUT2D eigenvalue weighted by atomic mass is 10.0. The number of H-pyrrole nitrogens is 1. The Hall–Kier alpha value is -2.38. The minimum atomic E-state index is -0.0566. The number of fused-ring (bicyclic) bond motifs is 1. The molecule has 1 aromatic heterocycles. The summed E-state index contributed by atoms with van der Waals surface area (Å²) in [6.45, 7) is 0. The number of nitriles is 1. The van der Waals surface area contributed by atoms with Crippen molar-refractivity contribution in [3.63, 3.8) is 0 Å². The molecule has 20 heavy (non-hydrogen) atoms. The fourth-order valence-electron chi connectivity index (χ4n) is 2.13. The van der Waals surface area contributed by atoms with Gasteiger partial charge in [0.15, 0.2) is 5.78 Å². The fraction of sp³-hybridized carbons (Fsp3) is 0. The number of halogens is 1. The van der Waals surface area contributed by atoms with Crippen LogP contribution in [0.4, 0.5) is 0 Å². The molecule has 96 valence electrons. The number of hydrogen-bond acceptors (Lipinski definition) is 2. The molecular weight excluding hydrogens is 316 g/mol. The first-order chi connectivity index (χ1) is 9.69. The zero-order valence-electron chi connectivity index (χ0n) is 10.4. The van der Waals surface area contributed by atoms with Crippen LogP contribution in [0.15, 0.2) is 53.1 Å². The van der Waals surface area contributed by atoms with E-state index in [0.29, 0.717) is 16.7 Å². The topological polar surface area (TPSA) is 56.6 Å². The van der Waals surface area contributed by atoms with Crippen LogP contribution in [0.5, 0.6) is 0 Å². The van der Waals surface area contributed by atoms with E-state index in [-0.39, 0.29) is 5.78 Å². The Morgan fingerprint density at radius 1 is 1.15 bits per heavy atom. The van der Waals surface area contributed by atoms with Gasteiger partial charge in [0, 0.05) is 32.7 Å². The number of carbonyl (C=O) groups is 1. The van der Waals surface area contributed by atoms with E-state index in [4.69, 9.17) is 5.26 Å². The van der Waals surface area contributed by atoms with E-state index in [0.717, 1.165) is 15.4 Å². The maximum Gasteiger partial charge on any atom is 0.195 e. The molecule has 3 nitrogen and oxygen atoms in total. The molecule has 0 aliphatic heterocycles. The van der Waals surface area contributed by atoms with Crippen LogP contribution in [0.3, 0.4) is 0 Å². The van der Waals surface area contributed by atoms with Gasteiger partial charge in [0.1, 0.15) is 0 Å². The minimum Gasteiger partial charge on any atom is -0.360 e. The quantitative estimate of drug-likeness (QED) is 0.723. The Morgan fingerprint density at radius 2 is 1.90 bits per heavy atom. The summed E-state index contributed by atoms with van der Waals surface area (Å²) in [5.74, 6) is -0.0566. The predicted octanol–water partition coefficient (Wildman–Crippen LogP) is 4.03. The van der Waals surface area contributed by atoms with Gasteiger partial charge in [-0.05, 0) is 42.5 Å². The average Bonchev–Trinajstić information content (AvgIpc) is 2.90. The van der Waals surface area contributed by atoms with Gasteiger partial charge in [-0.15, -0.1) is 0 Å². The van der Waals surface area contributed by atoms with Crippen LogP contribution in [0.25, 0.3) is 10.9 Å². The van der Waals surface area contributed by atoms with Gasteiger partial charge in [-0.2, -0.15) is 5.26 Å². The molecule has 3 aromatic rings. The van der Waals surface area contributed by atoms with Crippen LogP contribution < -0.4 is 0 Å². The molecule has 0 bridgehead atoms. The van der Waals surface area contributed by atoms with Crippen molar-refractivity contribution in [2.45, 2.75) is 0 Å². The van der Waals surface area contributed by atoms with E-state index in [9.17, 15) is 4.79 Å². The number of aromatic nitrogens is 1. The van der Waals surface area contributed by atoms with E-state index in [1.165, 1.54) is 0 Å². The van der Waals surface area contributed by atoms with Gasteiger partial charge >= 0.3 is 0 Å². The molecule has 1 N–H and O–H groups in total. The van der Waals surface area contributed by atoms with Gasteiger partial charge in [-0.3, -0.25) is 4.79 Å². The van der Waals surface area contributed by atoms with Crippen LogP contribution in [0.1, 0.15) is 21.5 Å². The van der Waals surface area contributed by atoms with Crippen molar-refractivity contribution in [1.29, 1.82) is 5.26 Å². The number of hydrogen-bond donors (Lipinski definition) is 1. The Balaban J connectivity index is 2.12. The summed E-state index contributed by atoms with van der Waals surface area (Å²) in [5.41, 5.74) is 2.60. The molecule has 1 heterocycles. The third-order valence-electron chi connectivity index (χ3n) is 3.16. The maximum absolute atomic E-state index is 12.5. The Kier molecular flexibility index (Phi) is 3.13. The normalized spacial score (nSPS) is 10.4. The summed E-state index contributed by atoms with van der Waals surface area (Å²) >= 11 is 3.35. The second-order valence-corrected chi connectivity index (χ2v) is 5.33. The van der Waals surface area contributed by atoms with E-state index < -0.39 is 0 Å². The summed E-state index contributed by atoms with van der Waals surface area (Å²) in [4.78, 5) is 15.6. The molecule has 0 saturated carbocycles. The maximum atomic E-state index is 12.5. The molecule has 0 fully saturated rings. The van der Waals surface area contributed by atoms with E-state index in [1.807, 2.05) is 18.2 Å². The van der Waals surface area contributed by atoms with Crippen LogP contribution in [-0.2, 0) is 0 Å². The molecule has 0 radical (unpaired) electrons. The van der Waals surface area contributed by atoms with E-state index in [2.05, 4.69) is 27.0 Å². The Bertz CT molecular complexity index is 841. The molecule has 4 heteroatoms. The summed E-state index contributed by atoms with van der Waals surface area (Å²) in [7, 11) is 0. The molecule has 0 saturated heterocycles. The van der Waals surface area contributed by atoms with Crippen molar-refractivity contribution >= 4 is 32.6 Å². The van der Waals surface area contributed by atoms with Gasteiger partial charge in [-0.1, -0.05) is 15.9 Å². The first kappa shape index (κ1) is 12.6. The number of nitrogens with one attached hydrogen (secondary N) is 1. The fourth-order valence-corrected chi connectivity index (χ4v) is 2.40.